The van der Waals surface area contributed by atoms with Crippen molar-refractivity contribution < 1.29 is 26.3 Å². The Balaban J connectivity index is 2.40. The van der Waals surface area contributed by atoms with E-state index < -0.39 is 0 Å². The third-order valence-electron chi connectivity index (χ3n) is 1.72. The van der Waals surface area contributed by atoms with Gasteiger partial charge in [-0.25, -0.2) is 0 Å². The predicted octanol–water partition coefficient (Wildman–Crippen LogP) is -2.03. The Hall–Kier alpha value is 0.690. The van der Waals surface area contributed by atoms with Crippen LogP contribution in [0.1, 0.15) is 25.7 Å². The minimum atomic E-state index is -0.154. The number of hydrogen-bond donors (Lipinski definition) is 1. The second-order valence-corrected chi connectivity index (χ2v) is 5.40. The Morgan fingerprint density at radius 3 is 2.12 bits per heavy atom. The van der Waals surface area contributed by atoms with Crippen molar-refractivity contribution in [2.75, 3.05) is 4.93 Å². The van der Waals surface area contributed by atoms with Crippen LogP contribution in [-0.2, 0) is 0 Å². The molecule has 1 aliphatic carbocycles. The molecule has 0 amide bonds. The van der Waals surface area contributed by atoms with Crippen molar-refractivity contribution in [1.82, 2.24) is 0 Å². The molecule has 1 rings (SSSR count). The van der Waals surface area contributed by atoms with E-state index in [2.05, 4.69) is 4.93 Å². The summed E-state index contributed by atoms with van der Waals surface area (Å²) in [4.78, 5) is 2.17. The van der Waals surface area contributed by atoms with Gasteiger partial charge in [-0.1, -0.05) is 0 Å². The van der Waals surface area contributed by atoms with Gasteiger partial charge in [-0.05, 0) is 0 Å². The first-order valence-corrected chi connectivity index (χ1v) is 6.23. The molecule has 1 saturated carbocycles. The van der Waals surface area contributed by atoms with Gasteiger partial charge in [0.1, 0.15) is 0 Å². The van der Waals surface area contributed by atoms with Gasteiger partial charge in [-0.3, -0.25) is 0 Å². The molecule has 0 aromatic heterocycles. The first-order valence-electron chi connectivity index (χ1n) is 3.00. The third kappa shape index (κ3) is 1.35. The van der Waals surface area contributed by atoms with Crippen LogP contribution in [-0.4, -0.2) is 13.6 Å². The van der Waals surface area contributed by atoms with E-state index in [-0.39, 0.29) is 24.8 Å². The van der Waals surface area contributed by atoms with Gasteiger partial charge in [0, 0.05) is 0 Å². The van der Waals surface area contributed by atoms with Gasteiger partial charge in [-0.2, -0.15) is 0 Å². The SMILES string of the molecule is C[I-]C1(O)CCCC1. The number of aliphatic hydroxyl groups is 1. The van der Waals surface area contributed by atoms with Crippen LogP contribution in [0.15, 0.2) is 0 Å². The fourth-order valence-electron chi connectivity index (χ4n) is 1.11. The number of rotatable bonds is 1. The molecule has 0 bridgehead atoms. The van der Waals surface area contributed by atoms with Crippen LogP contribution >= 0.6 is 0 Å². The topological polar surface area (TPSA) is 20.2 Å². The minimum absolute atomic E-state index is 0.0758. The Bertz CT molecular complexity index is 76.6. The summed E-state index contributed by atoms with van der Waals surface area (Å²) >= 11 is 0.0758. The molecule has 1 fully saturated rings. The van der Waals surface area contributed by atoms with E-state index in [0.29, 0.717) is 0 Å². The van der Waals surface area contributed by atoms with Crippen molar-refractivity contribution in [3.63, 3.8) is 0 Å². The zero-order valence-corrected chi connectivity index (χ0v) is 7.31. The maximum absolute atomic E-state index is 9.55. The molecule has 1 nitrogen and oxygen atoms in total. The first kappa shape index (κ1) is 6.81. The van der Waals surface area contributed by atoms with Crippen LogP contribution < -0.4 is 21.2 Å². The van der Waals surface area contributed by atoms with Crippen LogP contribution in [0.2, 0.25) is 0 Å². The van der Waals surface area contributed by atoms with E-state index >= 15 is 0 Å². The second-order valence-electron chi connectivity index (χ2n) is 2.31. The summed E-state index contributed by atoms with van der Waals surface area (Å²) in [6.45, 7) is 0. The van der Waals surface area contributed by atoms with E-state index in [9.17, 15) is 5.11 Å². The maximum atomic E-state index is 9.55. The molecule has 0 aromatic rings. The van der Waals surface area contributed by atoms with Gasteiger partial charge in [-0.15, -0.1) is 0 Å². The monoisotopic (exact) mass is 227 g/mol. The van der Waals surface area contributed by atoms with E-state index in [0.717, 1.165) is 12.8 Å². The Labute approximate surface area is 60.7 Å². The summed E-state index contributed by atoms with van der Waals surface area (Å²) in [5.74, 6) is 0. The standard InChI is InChI=1S/C6H12IO/c1-7-6(8)4-2-3-5-6/h8H,2-5H2,1H3/q-1. The van der Waals surface area contributed by atoms with Crippen molar-refractivity contribution in [3.8, 4) is 0 Å². The average molecular weight is 227 g/mol. The molecule has 0 radical (unpaired) electrons. The molecule has 0 saturated heterocycles. The third-order valence-corrected chi connectivity index (χ3v) is 4.81. The van der Waals surface area contributed by atoms with Crippen molar-refractivity contribution in [2.24, 2.45) is 0 Å². The summed E-state index contributed by atoms with van der Waals surface area (Å²) in [6.07, 6.45) is 4.67. The molecule has 0 unspecified atom stereocenters. The summed E-state index contributed by atoms with van der Waals surface area (Å²) in [5, 5.41) is 9.55. The summed E-state index contributed by atoms with van der Waals surface area (Å²) in [6, 6.07) is 0. The fourth-order valence-corrected chi connectivity index (χ4v) is 2.95. The molecule has 2 heteroatoms. The first-order chi connectivity index (χ1) is 3.77. The second kappa shape index (κ2) is 2.52. The van der Waals surface area contributed by atoms with Crippen LogP contribution in [0.3, 0.4) is 0 Å². The summed E-state index contributed by atoms with van der Waals surface area (Å²) < 4.78 is -0.154. The molecule has 8 heavy (non-hydrogen) atoms. The van der Waals surface area contributed by atoms with Crippen molar-refractivity contribution in [1.29, 1.82) is 0 Å². The Morgan fingerprint density at radius 1 is 1.38 bits per heavy atom. The molecule has 0 heterocycles. The molecule has 0 spiro atoms. The predicted molar refractivity (Wildman–Crippen MR) is 29.3 cm³/mol. The van der Waals surface area contributed by atoms with E-state index in [4.69, 9.17) is 0 Å². The molecule has 50 valence electrons. The molecular weight excluding hydrogens is 215 g/mol. The number of hydrogen-bond acceptors (Lipinski definition) is 1. The quantitative estimate of drug-likeness (QED) is 0.404. The van der Waals surface area contributed by atoms with Crippen LogP contribution in [0.4, 0.5) is 0 Å². The van der Waals surface area contributed by atoms with Gasteiger partial charge < -0.3 is 0 Å². The van der Waals surface area contributed by atoms with Crippen LogP contribution in [0.25, 0.3) is 0 Å². The van der Waals surface area contributed by atoms with E-state index in [1.54, 1.807) is 0 Å². The normalized spacial score (nSPS) is 26.8. The molecule has 0 aromatic carbocycles. The number of alkyl halides is 2. The van der Waals surface area contributed by atoms with Gasteiger partial charge in [0.05, 0.1) is 0 Å². The van der Waals surface area contributed by atoms with Crippen LogP contribution in [0.5, 0.6) is 0 Å². The number of halogens is 1. The van der Waals surface area contributed by atoms with Gasteiger partial charge in [0.25, 0.3) is 0 Å². The van der Waals surface area contributed by atoms with Gasteiger partial charge in [0.15, 0.2) is 0 Å². The molecule has 0 atom stereocenters. The molecule has 0 aliphatic heterocycles. The van der Waals surface area contributed by atoms with Crippen molar-refractivity contribution in [2.45, 2.75) is 29.3 Å². The van der Waals surface area contributed by atoms with Gasteiger partial charge >= 0.3 is 60.5 Å². The molecule has 1 N–H and O–H groups in total. The average Bonchev–Trinajstić information content (AvgIpc) is 2.17. The van der Waals surface area contributed by atoms with E-state index in [1.807, 2.05) is 0 Å². The molecule has 1 aliphatic rings. The van der Waals surface area contributed by atoms with Crippen molar-refractivity contribution in [3.05, 3.63) is 0 Å². The zero-order chi connectivity index (χ0) is 6.04. The fraction of sp³-hybridized carbons (Fsp3) is 1.00. The molecular formula is C6H12IO-. The van der Waals surface area contributed by atoms with Crippen LogP contribution in [0, 0.1) is 0 Å². The Kier molecular flexibility index (Phi) is 2.14. The Morgan fingerprint density at radius 2 is 1.88 bits per heavy atom. The van der Waals surface area contributed by atoms with E-state index in [1.165, 1.54) is 12.8 Å². The summed E-state index contributed by atoms with van der Waals surface area (Å²) in [7, 11) is 0. The van der Waals surface area contributed by atoms with Crippen molar-refractivity contribution >= 4 is 0 Å². The zero-order valence-electron chi connectivity index (χ0n) is 5.15. The summed E-state index contributed by atoms with van der Waals surface area (Å²) in [5.41, 5.74) is 0. The van der Waals surface area contributed by atoms with Gasteiger partial charge in [0.2, 0.25) is 0 Å².